The Hall–Kier alpha value is -0.940. The molecule has 1 amide bonds. The molecule has 2 atom stereocenters. The zero-order chi connectivity index (χ0) is 13.1. The van der Waals surface area contributed by atoms with E-state index in [2.05, 4.69) is 26.2 Å². The summed E-state index contributed by atoms with van der Waals surface area (Å²) in [5.74, 6) is 0.546. The lowest BCUT2D eigenvalue weighted by molar-refractivity contribution is -0.121. The zero-order valence-corrected chi connectivity index (χ0v) is 12.0. The molecule has 1 aromatic rings. The van der Waals surface area contributed by atoms with Crippen LogP contribution in [0.4, 0.5) is 5.82 Å². The third-order valence-corrected chi connectivity index (χ3v) is 3.88. The Bertz CT molecular complexity index is 450. The van der Waals surface area contributed by atoms with Gasteiger partial charge < -0.3 is 11.1 Å². The first-order chi connectivity index (χ1) is 8.58. The molecule has 0 aliphatic heterocycles. The lowest BCUT2D eigenvalue weighted by Crippen LogP contribution is -2.40. The third-order valence-electron chi connectivity index (χ3n) is 3.44. The van der Waals surface area contributed by atoms with Crippen LogP contribution >= 0.6 is 15.9 Å². The molecule has 4 nitrogen and oxygen atoms in total. The highest BCUT2D eigenvalue weighted by Gasteiger charge is 2.28. The van der Waals surface area contributed by atoms with Gasteiger partial charge in [0.2, 0.25) is 5.91 Å². The average Bonchev–Trinajstić information content (AvgIpc) is 2.33. The first-order valence-electron chi connectivity index (χ1n) is 6.26. The largest absolute Gasteiger partial charge is 0.327 e. The van der Waals surface area contributed by atoms with E-state index in [0.29, 0.717) is 5.82 Å². The van der Waals surface area contributed by atoms with Gasteiger partial charge in [0.15, 0.2) is 0 Å². The average molecular weight is 312 g/mol. The number of anilines is 1. The molecule has 0 radical (unpaired) electrons. The quantitative estimate of drug-likeness (QED) is 0.882. The number of halogens is 1. The van der Waals surface area contributed by atoms with Crippen LogP contribution in [0.5, 0.6) is 0 Å². The van der Waals surface area contributed by atoms with Crippen LogP contribution in [0.3, 0.4) is 0 Å². The van der Waals surface area contributed by atoms with E-state index in [9.17, 15) is 4.79 Å². The monoisotopic (exact) mass is 311 g/mol. The van der Waals surface area contributed by atoms with Gasteiger partial charge in [0.05, 0.1) is 5.92 Å². The SMILES string of the molecule is Cc1cc(Br)cnc1NC(=O)C1CCCCC1N. The van der Waals surface area contributed by atoms with Crippen molar-refractivity contribution in [1.82, 2.24) is 4.98 Å². The summed E-state index contributed by atoms with van der Waals surface area (Å²) in [6.07, 6.45) is 5.70. The second-order valence-corrected chi connectivity index (χ2v) is 5.78. The van der Waals surface area contributed by atoms with Crippen molar-refractivity contribution in [3.05, 3.63) is 22.3 Å². The maximum atomic E-state index is 12.2. The highest BCUT2D eigenvalue weighted by molar-refractivity contribution is 9.10. The Kier molecular flexibility index (Phi) is 4.35. The number of hydrogen-bond donors (Lipinski definition) is 2. The maximum Gasteiger partial charge on any atom is 0.230 e. The molecular weight excluding hydrogens is 294 g/mol. The number of carbonyl (C=O) groups excluding carboxylic acids is 1. The summed E-state index contributed by atoms with van der Waals surface area (Å²) >= 11 is 3.35. The Labute approximate surface area is 115 Å². The third kappa shape index (κ3) is 3.09. The minimum Gasteiger partial charge on any atom is -0.327 e. The zero-order valence-electron chi connectivity index (χ0n) is 10.4. The highest BCUT2D eigenvalue weighted by atomic mass is 79.9. The molecule has 18 heavy (non-hydrogen) atoms. The Morgan fingerprint density at radius 1 is 1.50 bits per heavy atom. The number of pyridine rings is 1. The number of carbonyl (C=O) groups is 1. The minimum absolute atomic E-state index is 0.000113. The van der Waals surface area contributed by atoms with Crippen molar-refractivity contribution in [2.24, 2.45) is 11.7 Å². The molecule has 0 bridgehead atoms. The molecule has 0 saturated heterocycles. The van der Waals surface area contributed by atoms with E-state index in [4.69, 9.17) is 5.73 Å². The van der Waals surface area contributed by atoms with Crippen molar-refractivity contribution in [1.29, 1.82) is 0 Å². The fourth-order valence-corrected chi connectivity index (χ4v) is 2.81. The van der Waals surface area contributed by atoms with Gasteiger partial charge in [-0.1, -0.05) is 12.8 Å². The molecule has 2 unspecified atom stereocenters. The normalized spacial score (nSPS) is 23.7. The van der Waals surface area contributed by atoms with Gasteiger partial charge in [-0.15, -0.1) is 0 Å². The first-order valence-corrected chi connectivity index (χ1v) is 7.06. The fraction of sp³-hybridized carbons (Fsp3) is 0.538. The van der Waals surface area contributed by atoms with Crippen molar-refractivity contribution in [3.63, 3.8) is 0 Å². The molecule has 1 saturated carbocycles. The van der Waals surface area contributed by atoms with Crippen molar-refractivity contribution in [2.75, 3.05) is 5.32 Å². The Balaban J connectivity index is 2.06. The van der Waals surface area contributed by atoms with Crippen LogP contribution in [0, 0.1) is 12.8 Å². The molecule has 0 spiro atoms. The molecular formula is C13H18BrN3O. The topological polar surface area (TPSA) is 68.0 Å². The van der Waals surface area contributed by atoms with Crippen LogP contribution in [0.25, 0.3) is 0 Å². The van der Waals surface area contributed by atoms with Gasteiger partial charge >= 0.3 is 0 Å². The predicted molar refractivity (Wildman–Crippen MR) is 75.2 cm³/mol. The molecule has 5 heteroatoms. The standard InChI is InChI=1S/C13H18BrN3O/c1-8-6-9(14)7-16-12(8)17-13(18)10-4-2-3-5-11(10)15/h6-7,10-11H,2-5,15H2,1H3,(H,16,17,18). The van der Waals surface area contributed by atoms with Crippen LogP contribution in [0.2, 0.25) is 0 Å². The summed E-state index contributed by atoms with van der Waals surface area (Å²) in [6, 6.07) is 1.91. The lowest BCUT2D eigenvalue weighted by Gasteiger charge is -2.27. The summed E-state index contributed by atoms with van der Waals surface area (Å²) in [4.78, 5) is 16.4. The summed E-state index contributed by atoms with van der Waals surface area (Å²) in [5, 5.41) is 2.89. The predicted octanol–water partition coefficient (Wildman–Crippen LogP) is 2.61. The number of hydrogen-bond acceptors (Lipinski definition) is 3. The van der Waals surface area contributed by atoms with Gasteiger partial charge in [0.25, 0.3) is 0 Å². The van der Waals surface area contributed by atoms with E-state index >= 15 is 0 Å². The second-order valence-electron chi connectivity index (χ2n) is 4.86. The van der Waals surface area contributed by atoms with Gasteiger partial charge in [0.1, 0.15) is 5.82 Å². The smallest absolute Gasteiger partial charge is 0.230 e. The summed E-state index contributed by atoms with van der Waals surface area (Å²) < 4.78 is 0.910. The van der Waals surface area contributed by atoms with Crippen LogP contribution in [-0.4, -0.2) is 16.9 Å². The van der Waals surface area contributed by atoms with Crippen LogP contribution in [-0.2, 0) is 4.79 Å². The van der Waals surface area contributed by atoms with E-state index in [-0.39, 0.29) is 17.9 Å². The summed E-state index contributed by atoms with van der Waals surface area (Å²) in [5.41, 5.74) is 6.95. The second kappa shape index (κ2) is 5.80. The van der Waals surface area contributed by atoms with Crippen LogP contribution in [0.15, 0.2) is 16.7 Å². The number of nitrogens with one attached hydrogen (secondary N) is 1. The molecule has 0 aromatic carbocycles. The van der Waals surface area contributed by atoms with E-state index in [0.717, 1.165) is 35.7 Å². The minimum atomic E-state index is -0.0800. The highest BCUT2D eigenvalue weighted by Crippen LogP contribution is 2.25. The number of rotatable bonds is 2. The molecule has 1 heterocycles. The number of amides is 1. The number of aromatic nitrogens is 1. The fourth-order valence-electron chi connectivity index (χ4n) is 2.37. The molecule has 1 aromatic heterocycles. The van der Waals surface area contributed by atoms with E-state index in [1.807, 2.05) is 13.0 Å². The lowest BCUT2D eigenvalue weighted by atomic mass is 9.84. The molecule has 1 aliphatic carbocycles. The van der Waals surface area contributed by atoms with Gasteiger partial charge in [-0.2, -0.15) is 0 Å². The molecule has 1 aliphatic rings. The van der Waals surface area contributed by atoms with E-state index in [1.54, 1.807) is 6.20 Å². The number of nitrogens with zero attached hydrogens (tertiary/aromatic N) is 1. The Morgan fingerprint density at radius 3 is 2.89 bits per heavy atom. The molecule has 3 N–H and O–H groups in total. The summed E-state index contributed by atoms with van der Waals surface area (Å²) in [7, 11) is 0. The van der Waals surface area contributed by atoms with Crippen LogP contribution in [0.1, 0.15) is 31.2 Å². The maximum absolute atomic E-state index is 12.2. The van der Waals surface area contributed by atoms with Crippen molar-refractivity contribution >= 4 is 27.7 Å². The van der Waals surface area contributed by atoms with Gasteiger partial charge in [0, 0.05) is 16.7 Å². The molecule has 98 valence electrons. The Morgan fingerprint density at radius 2 is 2.22 bits per heavy atom. The molecule has 1 fully saturated rings. The summed E-state index contributed by atoms with van der Waals surface area (Å²) in [6.45, 7) is 1.92. The van der Waals surface area contributed by atoms with Crippen molar-refractivity contribution in [2.45, 2.75) is 38.6 Å². The first kappa shape index (κ1) is 13.5. The van der Waals surface area contributed by atoms with Gasteiger partial charge in [-0.25, -0.2) is 4.98 Å². The van der Waals surface area contributed by atoms with Crippen molar-refractivity contribution < 1.29 is 4.79 Å². The molecule has 2 rings (SSSR count). The van der Waals surface area contributed by atoms with Crippen LogP contribution < -0.4 is 11.1 Å². The van der Waals surface area contributed by atoms with E-state index in [1.165, 1.54) is 0 Å². The van der Waals surface area contributed by atoms with Crippen molar-refractivity contribution in [3.8, 4) is 0 Å². The number of nitrogens with two attached hydrogens (primary N) is 1. The van der Waals surface area contributed by atoms with Gasteiger partial charge in [-0.3, -0.25) is 4.79 Å². The van der Waals surface area contributed by atoms with Gasteiger partial charge in [-0.05, 0) is 47.3 Å². The number of aryl methyl sites for hydroxylation is 1. The van der Waals surface area contributed by atoms with E-state index < -0.39 is 0 Å².